The lowest BCUT2D eigenvalue weighted by Gasteiger charge is -2.25. The van der Waals surface area contributed by atoms with Gasteiger partial charge in [-0.3, -0.25) is 9.79 Å². The quantitative estimate of drug-likeness (QED) is 0.600. The molecule has 0 bridgehead atoms. The van der Waals surface area contributed by atoms with Crippen molar-refractivity contribution in [2.75, 3.05) is 0 Å². The number of halogens is 1. The minimum absolute atomic E-state index is 0.152. The van der Waals surface area contributed by atoms with Crippen LogP contribution in [0.3, 0.4) is 0 Å². The fraction of sp³-hybridized carbons (Fsp3) is 0.400. The van der Waals surface area contributed by atoms with E-state index in [1.54, 1.807) is 16.8 Å². The first-order chi connectivity index (χ1) is 12.7. The maximum Gasteiger partial charge on any atom is 0.257 e. The number of allylic oxidation sites excluding steroid dienone is 3. The van der Waals surface area contributed by atoms with E-state index in [0.29, 0.717) is 22.2 Å². The fourth-order valence-electron chi connectivity index (χ4n) is 3.15. The molecule has 0 saturated heterocycles. The van der Waals surface area contributed by atoms with Crippen LogP contribution in [0.4, 0.5) is 0 Å². The SMILES string of the molecule is C=N/C=C(Cl)\C=C(/C)c1cc(C)n2ncc(C(=O)NC(C)(C)C3CC3)c2n1. The third-order valence-corrected chi connectivity index (χ3v) is 5.11. The third kappa shape index (κ3) is 4.11. The number of carbonyl (C=O) groups is 1. The van der Waals surface area contributed by atoms with Gasteiger partial charge in [-0.25, -0.2) is 9.50 Å². The van der Waals surface area contributed by atoms with E-state index in [1.807, 2.05) is 19.9 Å². The van der Waals surface area contributed by atoms with Crippen molar-refractivity contribution in [2.24, 2.45) is 10.9 Å². The van der Waals surface area contributed by atoms with E-state index in [1.165, 1.54) is 6.20 Å². The molecule has 7 heteroatoms. The van der Waals surface area contributed by atoms with Gasteiger partial charge in [0.2, 0.25) is 0 Å². The Balaban J connectivity index is 1.98. The second-order valence-corrected chi connectivity index (χ2v) is 7.99. The molecule has 1 amide bonds. The molecule has 2 aromatic heterocycles. The lowest BCUT2D eigenvalue weighted by molar-refractivity contribution is 0.0905. The number of amides is 1. The zero-order chi connectivity index (χ0) is 19.8. The molecule has 2 aromatic rings. The van der Waals surface area contributed by atoms with Crippen LogP contribution in [0.5, 0.6) is 0 Å². The Morgan fingerprint density at radius 3 is 2.81 bits per heavy atom. The number of rotatable bonds is 6. The summed E-state index contributed by atoms with van der Waals surface area (Å²) in [4.78, 5) is 21.2. The Labute approximate surface area is 164 Å². The summed E-state index contributed by atoms with van der Waals surface area (Å²) in [5, 5.41) is 7.93. The highest BCUT2D eigenvalue weighted by Gasteiger charge is 2.39. The lowest BCUT2D eigenvalue weighted by atomic mass is 9.98. The van der Waals surface area contributed by atoms with Crippen molar-refractivity contribution in [1.82, 2.24) is 19.9 Å². The molecule has 0 unspecified atom stereocenters. The van der Waals surface area contributed by atoms with Gasteiger partial charge >= 0.3 is 0 Å². The third-order valence-electron chi connectivity index (χ3n) is 4.90. The number of hydrogen-bond acceptors (Lipinski definition) is 4. The Morgan fingerprint density at radius 2 is 2.19 bits per heavy atom. The monoisotopic (exact) mass is 385 g/mol. The van der Waals surface area contributed by atoms with Crippen LogP contribution in [0, 0.1) is 12.8 Å². The van der Waals surface area contributed by atoms with E-state index in [0.717, 1.165) is 29.8 Å². The summed E-state index contributed by atoms with van der Waals surface area (Å²) in [6, 6.07) is 1.91. The van der Waals surface area contributed by atoms with Gasteiger partial charge in [-0.2, -0.15) is 5.10 Å². The van der Waals surface area contributed by atoms with Crippen molar-refractivity contribution < 1.29 is 4.79 Å². The number of aromatic nitrogens is 3. The Bertz CT molecular complexity index is 966. The number of aryl methyl sites for hydroxylation is 1. The molecular formula is C20H24ClN5O. The first-order valence-corrected chi connectivity index (χ1v) is 9.29. The normalized spacial score (nSPS) is 15.9. The molecule has 27 heavy (non-hydrogen) atoms. The smallest absolute Gasteiger partial charge is 0.257 e. The molecule has 0 aromatic carbocycles. The van der Waals surface area contributed by atoms with Gasteiger partial charge in [0.05, 0.1) is 16.9 Å². The highest BCUT2D eigenvalue weighted by molar-refractivity contribution is 6.31. The maximum absolute atomic E-state index is 12.9. The summed E-state index contributed by atoms with van der Waals surface area (Å²) in [7, 11) is 0. The molecule has 0 aliphatic heterocycles. The largest absolute Gasteiger partial charge is 0.347 e. The highest BCUT2D eigenvalue weighted by Crippen LogP contribution is 2.39. The van der Waals surface area contributed by atoms with E-state index in [9.17, 15) is 4.79 Å². The summed E-state index contributed by atoms with van der Waals surface area (Å²) < 4.78 is 1.68. The molecule has 3 rings (SSSR count). The average molecular weight is 386 g/mol. The molecule has 6 nitrogen and oxygen atoms in total. The van der Waals surface area contributed by atoms with Gasteiger partial charge in [-0.1, -0.05) is 11.6 Å². The Hall–Kier alpha value is -2.47. The zero-order valence-electron chi connectivity index (χ0n) is 16.1. The molecule has 0 spiro atoms. The van der Waals surface area contributed by atoms with E-state index in [4.69, 9.17) is 11.6 Å². The summed E-state index contributed by atoms with van der Waals surface area (Å²) in [6.45, 7) is 11.4. The van der Waals surface area contributed by atoms with Crippen molar-refractivity contribution in [3.05, 3.63) is 46.5 Å². The van der Waals surface area contributed by atoms with Crippen molar-refractivity contribution in [3.63, 3.8) is 0 Å². The maximum atomic E-state index is 12.9. The van der Waals surface area contributed by atoms with Crippen molar-refractivity contribution >= 4 is 35.4 Å². The number of hydrogen-bond donors (Lipinski definition) is 1. The number of nitrogens with zero attached hydrogens (tertiary/aromatic N) is 4. The van der Waals surface area contributed by atoms with E-state index in [2.05, 4.69) is 41.0 Å². The van der Waals surface area contributed by atoms with Crippen molar-refractivity contribution in [3.8, 4) is 0 Å². The zero-order valence-corrected chi connectivity index (χ0v) is 16.8. The Kier molecular flexibility index (Phi) is 5.20. The molecule has 0 atom stereocenters. The molecule has 142 valence electrons. The van der Waals surface area contributed by atoms with Crippen LogP contribution in [-0.2, 0) is 0 Å². The molecule has 1 aliphatic carbocycles. The minimum atomic E-state index is -0.232. The number of carbonyl (C=O) groups excluding carboxylic acids is 1. The molecular weight excluding hydrogens is 362 g/mol. The summed E-state index contributed by atoms with van der Waals surface area (Å²) in [6.07, 6.45) is 7.11. The predicted molar refractivity (Wildman–Crippen MR) is 109 cm³/mol. The number of fused-ring (bicyclic) bond motifs is 1. The van der Waals surface area contributed by atoms with Gasteiger partial charge in [0.15, 0.2) is 5.65 Å². The van der Waals surface area contributed by atoms with Crippen LogP contribution in [0.1, 0.15) is 55.4 Å². The van der Waals surface area contributed by atoms with Crippen LogP contribution in [-0.4, -0.2) is 32.8 Å². The van der Waals surface area contributed by atoms with Crippen LogP contribution >= 0.6 is 11.6 Å². The fourth-order valence-corrected chi connectivity index (χ4v) is 3.38. The molecule has 0 radical (unpaired) electrons. The average Bonchev–Trinajstić information content (AvgIpc) is 3.35. The first kappa shape index (κ1) is 19.3. The first-order valence-electron chi connectivity index (χ1n) is 8.91. The number of nitrogens with one attached hydrogen (secondary N) is 1. The molecule has 1 saturated carbocycles. The van der Waals surface area contributed by atoms with Gasteiger partial charge in [0.1, 0.15) is 5.56 Å². The van der Waals surface area contributed by atoms with Crippen LogP contribution in [0.2, 0.25) is 0 Å². The van der Waals surface area contributed by atoms with Gasteiger partial charge in [0, 0.05) is 17.4 Å². The molecule has 1 fully saturated rings. The Morgan fingerprint density at radius 1 is 1.48 bits per heavy atom. The molecule has 2 heterocycles. The molecule has 1 aliphatic rings. The second-order valence-electron chi connectivity index (χ2n) is 7.55. The minimum Gasteiger partial charge on any atom is -0.347 e. The van der Waals surface area contributed by atoms with Gasteiger partial charge in [-0.15, -0.1) is 0 Å². The molecule has 1 N–H and O–H groups in total. The second kappa shape index (κ2) is 7.27. The standard InChI is InChI=1S/C20H24ClN5O/c1-12(8-15(21)10-22-5)17-9-13(2)26-18(24-17)16(11-23-26)19(27)25-20(3,4)14-6-7-14/h8-11,14H,5-7H2,1-4H3,(H,25,27)/b12-8+,15-10+. The van der Waals surface area contributed by atoms with Crippen LogP contribution in [0.25, 0.3) is 11.2 Å². The summed E-state index contributed by atoms with van der Waals surface area (Å²) >= 11 is 6.09. The topological polar surface area (TPSA) is 71.7 Å². The van der Waals surface area contributed by atoms with Crippen LogP contribution in [0.15, 0.2) is 34.6 Å². The number of aliphatic imine (C=N–C) groups is 1. The van der Waals surface area contributed by atoms with Crippen molar-refractivity contribution in [1.29, 1.82) is 0 Å². The van der Waals surface area contributed by atoms with E-state index in [-0.39, 0.29) is 11.4 Å². The van der Waals surface area contributed by atoms with Gasteiger partial charge in [-0.05, 0) is 70.9 Å². The predicted octanol–water partition coefficient (Wildman–Crippen LogP) is 4.14. The summed E-state index contributed by atoms with van der Waals surface area (Å²) in [5.41, 5.74) is 3.23. The van der Waals surface area contributed by atoms with E-state index < -0.39 is 0 Å². The highest BCUT2D eigenvalue weighted by atomic mass is 35.5. The van der Waals surface area contributed by atoms with E-state index >= 15 is 0 Å². The van der Waals surface area contributed by atoms with Gasteiger partial charge < -0.3 is 5.32 Å². The van der Waals surface area contributed by atoms with Crippen molar-refractivity contribution in [2.45, 2.75) is 46.1 Å². The summed E-state index contributed by atoms with van der Waals surface area (Å²) in [5.74, 6) is 0.382. The van der Waals surface area contributed by atoms with Gasteiger partial charge in [0.25, 0.3) is 5.91 Å². The lowest BCUT2D eigenvalue weighted by Crippen LogP contribution is -2.45. The van der Waals surface area contributed by atoms with Crippen LogP contribution < -0.4 is 5.32 Å².